The number of hydrogen-bond acceptors (Lipinski definition) is 3. The van der Waals surface area contributed by atoms with Gasteiger partial charge in [-0.25, -0.2) is 4.39 Å². The van der Waals surface area contributed by atoms with Crippen molar-refractivity contribution in [3.63, 3.8) is 0 Å². The molecule has 0 unspecified atom stereocenters. The van der Waals surface area contributed by atoms with Crippen LogP contribution in [0.1, 0.15) is 6.42 Å². The SMILES string of the molecule is COCCCNc1ccc(F)c(OC)c1. The van der Waals surface area contributed by atoms with Gasteiger partial charge in [0, 0.05) is 32.0 Å². The molecule has 0 saturated carbocycles. The van der Waals surface area contributed by atoms with E-state index in [0.29, 0.717) is 6.61 Å². The number of ether oxygens (including phenoxy) is 2. The summed E-state index contributed by atoms with van der Waals surface area (Å²) in [5, 5.41) is 3.15. The number of rotatable bonds is 6. The minimum absolute atomic E-state index is 0.256. The van der Waals surface area contributed by atoms with Gasteiger partial charge < -0.3 is 14.8 Å². The zero-order chi connectivity index (χ0) is 11.1. The molecular weight excluding hydrogens is 197 g/mol. The smallest absolute Gasteiger partial charge is 0.165 e. The summed E-state index contributed by atoms with van der Waals surface area (Å²) in [4.78, 5) is 0. The first kappa shape index (κ1) is 11.8. The summed E-state index contributed by atoms with van der Waals surface area (Å²) in [6.07, 6.45) is 0.913. The molecule has 0 heterocycles. The molecule has 0 atom stereocenters. The predicted molar refractivity (Wildman–Crippen MR) is 57.9 cm³/mol. The third kappa shape index (κ3) is 3.75. The lowest BCUT2D eigenvalue weighted by Crippen LogP contribution is -2.04. The van der Waals surface area contributed by atoms with Crippen LogP contribution in [0.2, 0.25) is 0 Å². The van der Waals surface area contributed by atoms with Gasteiger partial charge in [-0.15, -0.1) is 0 Å². The molecule has 0 amide bonds. The van der Waals surface area contributed by atoms with Gasteiger partial charge in [0.1, 0.15) is 0 Å². The van der Waals surface area contributed by atoms with Crippen LogP contribution in [0.25, 0.3) is 0 Å². The quantitative estimate of drug-likeness (QED) is 0.735. The Balaban J connectivity index is 2.47. The minimum Gasteiger partial charge on any atom is -0.494 e. The fourth-order valence-electron chi connectivity index (χ4n) is 1.22. The Hall–Kier alpha value is -1.29. The number of anilines is 1. The lowest BCUT2D eigenvalue weighted by atomic mass is 10.3. The lowest BCUT2D eigenvalue weighted by Gasteiger charge is -2.08. The average molecular weight is 213 g/mol. The molecule has 1 rings (SSSR count). The molecule has 0 aromatic heterocycles. The van der Waals surface area contributed by atoms with Gasteiger partial charge in [-0.2, -0.15) is 0 Å². The Morgan fingerprint density at radius 1 is 1.33 bits per heavy atom. The average Bonchev–Trinajstić information content (AvgIpc) is 2.26. The maximum absolute atomic E-state index is 13.0. The van der Waals surface area contributed by atoms with Gasteiger partial charge in [-0.3, -0.25) is 0 Å². The van der Waals surface area contributed by atoms with Crippen molar-refractivity contribution in [2.45, 2.75) is 6.42 Å². The molecule has 0 aliphatic heterocycles. The first-order chi connectivity index (χ1) is 7.27. The van der Waals surface area contributed by atoms with Crippen molar-refractivity contribution in [3.05, 3.63) is 24.0 Å². The molecule has 0 saturated heterocycles. The van der Waals surface area contributed by atoms with Crippen LogP contribution in [0.3, 0.4) is 0 Å². The van der Waals surface area contributed by atoms with Gasteiger partial charge in [0.2, 0.25) is 0 Å². The van der Waals surface area contributed by atoms with E-state index in [1.54, 1.807) is 19.2 Å². The summed E-state index contributed by atoms with van der Waals surface area (Å²) in [6.45, 7) is 1.51. The summed E-state index contributed by atoms with van der Waals surface area (Å²) in [5.41, 5.74) is 0.851. The van der Waals surface area contributed by atoms with Crippen LogP contribution in [0, 0.1) is 5.82 Å². The number of nitrogens with one attached hydrogen (secondary N) is 1. The van der Waals surface area contributed by atoms with Crippen LogP contribution in [-0.4, -0.2) is 27.4 Å². The van der Waals surface area contributed by atoms with E-state index in [1.165, 1.54) is 13.2 Å². The molecule has 0 aliphatic rings. The second-order valence-corrected chi connectivity index (χ2v) is 3.12. The maximum atomic E-state index is 13.0. The Morgan fingerprint density at radius 3 is 2.80 bits per heavy atom. The number of hydrogen-bond donors (Lipinski definition) is 1. The number of benzene rings is 1. The minimum atomic E-state index is -0.347. The van der Waals surface area contributed by atoms with Crippen molar-refractivity contribution < 1.29 is 13.9 Å². The highest BCUT2D eigenvalue weighted by Gasteiger charge is 2.02. The lowest BCUT2D eigenvalue weighted by molar-refractivity contribution is 0.198. The van der Waals surface area contributed by atoms with E-state index in [4.69, 9.17) is 9.47 Å². The molecule has 0 fully saturated rings. The Morgan fingerprint density at radius 2 is 2.13 bits per heavy atom. The topological polar surface area (TPSA) is 30.5 Å². The van der Waals surface area contributed by atoms with E-state index >= 15 is 0 Å². The summed E-state index contributed by atoms with van der Waals surface area (Å²) in [6, 6.07) is 4.71. The summed E-state index contributed by atoms with van der Waals surface area (Å²) in [7, 11) is 3.12. The van der Waals surface area contributed by atoms with Gasteiger partial charge in [0.15, 0.2) is 11.6 Å². The fraction of sp³-hybridized carbons (Fsp3) is 0.455. The normalized spacial score (nSPS) is 10.1. The maximum Gasteiger partial charge on any atom is 0.165 e. The van der Waals surface area contributed by atoms with Gasteiger partial charge >= 0.3 is 0 Å². The van der Waals surface area contributed by atoms with Crippen LogP contribution >= 0.6 is 0 Å². The summed E-state index contributed by atoms with van der Waals surface area (Å²) < 4.78 is 22.8. The van der Waals surface area contributed by atoms with Crippen LogP contribution in [0.15, 0.2) is 18.2 Å². The zero-order valence-corrected chi connectivity index (χ0v) is 9.05. The molecule has 0 spiro atoms. The van der Waals surface area contributed by atoms with E-state index in [0.717, 1.165) is 18.7 Å². The molecule has 15 heavy (non-hydrogen) atoms. The number of halogens is 1. The van der Waals surface area contributed by atoms with Gasteiger partial charge in [-0.1, -0.05) is 0 Å². The first-order valence-corrected chi connectivity index (χ1v) is 4.84. The summed E-state index contributed by atoms with van der Waals surface area (Å²) in [5.74, 6) is -0.0910. The highest BCUT2D eigenvalue weighted by atomic mass is 19.1. The molecule has 84 valence electrons. The molecule has 0 bridgehead atoms. The van der Waals surface area contributed by atoms with E-state index in [2.05, 4.69) is 5.32 Å². The molecular formula is C11H16FNO2. The van der Waals surface area contributed by atoms with Gasteiger partial charge in [-0.05, 0) is 18.6 Å². The van der Waals surface area contributed by atoms with Gasteiger partial charge in [0.05, 0.1) is 7.11 Å². The Bertz CT molecular complexity index is 305. The molecule has 1 aromatic carbocycles. The molecule has 3 nitrogen and oxygen atoms in total. The van der Waals surface area contributed by atoms with Crippen molar-refractivity contribution in [2.24, 2.45) is 0 Å². The van der Waals surface area contributed by atoms with E-state index < -0.39 is 0 Å². The van der Waals surface area contributed by atoms with Crippen molar-refractivity contribution in [3.8, 4) is 5.75 Å². The highest BCUT2D eigenvalue weighted by Crippen LogP contribution is 2.21. The highest BCUT2D eigenvalue weighted by molar-refractivity contribution is 5.48. The standard InChI is InChI=1S/C11H16FNO2/c1-14-7-3-6-13-9-4-5-10(12)11(8-9)15-2/h4-5,8,13H,3,6-7H2,1-2H3. The van der Waals surface area contributed by atoms with Crippen molar-refractivity contribution in [1.82, 2.24) is 0 Å². The van der Waals surface area contributed by atoms with Crippen LogP contribution in [0.5, 0.6) is 5.75 Å². The fourth-order valence-corrected chi connectivity index (χ4v) is 1.22. The van der Waals surface area contributed by atoms with Gasteiger partial charge in [0.25, 0.3) is 0 Å². The van der Waals surface area contributed by atoms with Crippen molar-refractivity contribution in [1.29, 1.82) is 0 Å². The third-order valence-corrected chi connectivity index (χ3v) is 2.01. The Labute approximate surface area is 89.2 Å². The molecule has 4 heteroatoms. The predicted octanol–water partition coefficient (Wildman–Crippen LogP) is 2.28. The second kappa shape index (κ2) is 6.24. The summed E-state index contributed by atoms with van der Waals surface area (Å²) >= 11 is 0. The van der Waals surface area contributed by atoms with Crippen LogP contribution in [-0.2, 0) is 4.74 Å². The van der Waals surface area contributed by atoms with Crippen molar-refractivity contribution >= 4 is 5.69 Å². The molecule has 1 N–H and O–H groups in total. The van der Waals surface area contributed by atoms with E-state index in [-0.39, 0.29) is 11.6 Å². The van der Waals surface area contributed by atoms with E-state index in [1.807, 2.05) is 0 Å². The van der Waals surface area contributed by atoms with Crippen LogP contribution < -0.4 is 10.1 Å². The molecule has 0 aliphatic carbocycles. The second-order valence-electron chi connectivity index (χ2n) is 3.12. The zero-order valence-electron chi connectivity index (χ0n) is 9.05. The van der Waals surface area contributed by atoms with Crippen molar-refractivity contribution in [2.75, 3.05) is 32.7 Å². The Kier molecular flexibility index (Phi) is 4.90. The first-order valence-electron chi connectivity index (χ1n) is 4.84. The number of methoxy groups -OCH3 is 2. The third-order valence-electron chi connectivity index (χ3n) is 2.01. The molecule has 1 aromatic rings. The van der Waals surface area contributed by atoms with Crippen LogP contribution in [0.4, 0.5) is 10.1 Å². The van der Waals surface area contributed by atoms with E-state index in [9.17, 15) is 4.39 Å². The largest absolute Gasteiger partial charge is 0.494 e. The monoisotopic (exact) mass is 213 g/mol. The molecule has 0 radical (unpaired) electrons.